The minimum Gasteiger partial charge on any atom is -0.397 e. The average molecular weight is 497 g/mol. The number of hydrogen-bond donors (Lipinski definition) is 3. The first-order valence-corrected chi connectivity index (χ1v) is 12.2. The molecule has 2 aromatic heterocycles. The molecule has 5 N–H and O–H groups in total. The van der Waals surface area contributed by atoms with Crippen molar-refractivity contribution in [1.29, 1.82) is 0 Å². The number of hydrogen-bond acceptors (Lipinski definition) is 6. The third-order valence-electron chi connectivity index (χ3n) is 6.42. The molecule has 0 unspecified atom stereocenters. The molecule has 0 aliphatic heterocycles. The Hall–Kier alpha value is -3.62. The van der Waals surface area contributed by atoms with Crippen LogP contribution >= 0.6 is 0 Å². The van der Waals surface area contributed by atoms with Gasteiger partial charge in [-0.3, -0.25) is 0 Å². The fraction of sp³-hybridized carbons (Fsp3) is 0.370. The molecule has 2 fully saturated rings. The molecule has 4 rings (SSSR count). The van der Waals surface area contributed by atoms with E-state index in [1.54, 1.807) is 25.2 Å². The molecule has 0 saturated heterocycles. The third kappa shape index (κ3) is 5.78. The van der Waals surface area contributed by atoms with Gasteiger partial charge in [0.15, 0.2) is 0 Å². The van der Waals surface area contributed by atoms with Crippen LogP contribution < -0.4 is 16.8 Å². The lowest BCUT2D eigenvalue weighted by atomic mass is 9.86. The van der Waals surface area contributed by atoms with Gasteiger partial charge < -0.3 is 16.8 Å². The minimum absolute atomic E-state index is 0.0346. The Labute approximate surface area is 209 Å². The molecule has 0 radical (unpaired) electrons. The van der Waals surface area contributed by atoms with E-state index < -0.39 is 12.0 Å². The van der Waals surface area contributed by atoms with Crippen molar-refractivity contribution in [3.63, 3.8) is 0 Å². The highest BCUT2D eigenvalue weighted by Crippen LogP contribution is 2.39. The van der Waals surface area contributed by atoms with E-state index in [-0.39, 0.29) is 11.5 Å². The maximum atomic E-state index is 13.4. The molecular weight excluding hydrogens is 465 g/mol. The lowest BCUT2D eigenvalue weighted by Crippen LogP contribution is -2.18. The van der Waals surface area contributed by atoms with Crippen molar-refractivity contribution in [1.82, 2.24) is 20.3 Å². The van der Waals surface area contributed by atoms with Crippen LogP contribution in [0.3, 0.4) is 0 Å². The van der Waals surface area contributed by atoms with E-state index in [0.29, 0.717) is 28.6 Å². The van der Waals surface area contributed by atoms with Crippen molar-refractivity contribution < 1.29 is 13.2 Å². The number of halogens is 3. The number of aromatic nitrogens is 3. The standard InChI is InChI=1S/C27H31F3N6/c1-3-8-18(22-15-23(32)36-26(35-22)27(28,29)30)20(4-2)33-24(17-11-12-17)25-19(31)13-14-21(34-25)16-9-6-5-7-10-16/h3-4,8,13-16,33H,2,5-7,9-12,31H2,1H3,(H2,32,35,36)/b8-3-,20-18-. The van der Waals surface area contributed by atoms with Crippen LogP contribution in [-0.4, -0.2) is 15.0 Å². The molecule has 36 heavy (non-hydrogen) atoms. The van der Waals surface area contributed by atoms with Crippen LogP contribution in [0.25, 0.3) is 11.3 Å². The van der Waals surface area contributed by atoms with Crippen LogP contribution in [-0.2, 0) is 6.18 Å². The zero-order valence-electron chi connectivity index (χ0n) is 20.3. The van der Waals surface area contributed by atoms with Crippen molar-refractivity contribution in [2.75, 3.05) is 11.5 Å². The van der Waals surface area contributed by atoms with Gasteiger partial charge in [-0.2, -0.15) is 13.2 Å². The summed E-state index contributed by atoms with van der Waals surface area (Å²) in [5, 5.41) is 3.38. The van der Waals surface area contributed by atoms with E-state index in [2.05, 4.69) is 21.9 Å². The predicted molar refractivity (Wildman–Crippen MR) is 137 cm³/mol. The second-order valence-electron chi connectivity index (χ2n) is 9.14. The second kappa shape index (κ2) is 10.6. The number of rotatable bonds is 7. The number of nitrogen functional groups attached to an aromatic ring is 2. The second-order valence-corrected chi connectivity index (χ2v) is 9.14. The summed E-state index contributed by atoms with van der Waals surface area (Å²) < 4.78 is 40.1. The van der Waals surface area contributed by atoms with Gasteiger partial charge in [0, 0.05) is 28.9 Å². The Bertz CT molecular complexity index is 1230. The van der Waals surface area contributed by atoms with Gasteiger partial charge in [0.05, 0.1) is 17.1 Å². The number of anilines is 2. The largest absolute Gasteiger partial charge is 0.451 e. The van der Waals surface area contributed by atoms with Gasteiger partial charge in [-0.05, 0) is 56.4 Å². The third-order valence-corrected chi connectivity index (χ3v) is 6.42. The number of nitrogens with two attached hydrogens (primary N) is 2. The lowest BCUT2D eigenvalue weighted by Gasteiger charge is -2.23. The Morgan fingerprint density at radius 2 is 1.81 bits per heavy atom. The molecule has 2 aliphatic carbocycles. The molecule has 2 heterocycles. The predicted octanol–water partition coefficient (Wildman–Crippen LogP) is 6.37. The van der Waals surface area contributed by atoms with E-state index in [1.807, 2.05) is 12.1 Å². The first-order chi connectivity index (χ1) is 17.2. The monoisotopic (exact) mass is 496 g/mol. The Morgan fingerprint density at radius 3 is 2.42 bits per heavy atom. The van der Waals surface area contributed by atoms with Gasteiger partial charge in [0.1, 0.15) is 11.5 Å². The van der Waals surface area contributed by atoms with Crippen molar-refractivity contribution in [3.8, 4) is 0 Å². The summed E-state index contributed by atoms with van der Waals surface area (Å²) in [6.07, 6.45) is 7.82. The number of nitrogens with zero attached hydrogens (tertiary/aromatic N) is 3. The molecule has 0 spiro atoms. The highest BCUT2D eigenvalue weighted by molar-refractivity contribution is 5.82. The summed E-state index contributed by atoms with van der Waals surface area (Å²) in [4.78, 5) is 12.1. The summed E-state index contributed by atoms with van der Waals surface area (Å²) in [5.41, 5.74) is 17.1. The Balaban J connectivity index is 1.78. The SMILES string of the molecule is C=C/C(NC(=C1CC1)c1nc(C2CCCCC2)ccc1N)=C(\C=C/C)c1cc(N)nc(C(F)(F)F)n1. The molecule has 2 aliphatic rings. The highest BCUT2D eigenvalue weighted by atomic mass is 19.4. The number of allylic oxidation sites excluding steroid dienone is 5. The molecular formula is C27H31F3N6. The van der Waals surface area contributed by atoms with Crippen LogP contribution in [0.2, 0.25) is 0 Å². The van der Waals surface area contributed by atoms with E-state index in [9.17, 15) is 13.2 Å². The maximum absolute atomic E-state index is 13.4. The average Bonchev–Trinajstić information content (AvgIpc) is 3.69. The van der Waals surface area contributed by atoms with Crippen molar-refractivity contribution in [2.24, 2.45) is 0 Å². The van der Waals surface area contributed by atoms with Crippen LogP contribution in [0.15, 0.2) is 54.3 Å². The zero-order chi connectivity index (χ0) is 25.9. The Kier molecular flexibility index (Phi) is 7.47. The lowest BCUT2D eigenvalue weighted by molar-refractivity contribution is -0.144. The zero-order valence-corrected chi connectivity index (χ0v) is 20.3. The van der Waals surface area contributed by atoms with Gasteiger partial charge in [-0.25, -0.2) is 15.0 Å². The summed E-state index contributed by atoms with van der Waals surface area (Å²) in [6, 6.07) is 5.21. The van der Waals surface area contributed by atoms with Crippen LogP contribution in [0.4, 0.5) is 24.7 Å². The molecule has 0 atom stereocenters. The summed E-state index contributed by atoms with van der Waals surface area (Å²) in [6.45, 7) is 5.67. The maximum Gasteiger partial charge on any atom is 0.451 e. The number of nitrogens with one attached hydrogen (secondary N) is 1. The Morgan fingerprint density at radius 1 is 1.08 bits per heavy atom. The van der Waals surface area contributed by atoms with Crippen LogP contribution in [0.1, 0.15) is 80.7 Å². The summed E-state index contributed by atoms with van der Waals surface area (Å²) >= 11 is 0. The molecule has 0 amide bonds. The minimum atomic E-state index is -4.73. The normalized spacial score (nSPS) is 17.2. The van der Waals surface area contributed by atoms with Crippen molar-refractivity contribution >= 4 is 22.8 Å². The fourth-order valence-electron chi connectivity index (χ4n) is 4.51. The van der Waals surface area contributed by atoms with Gasteiger partial charge in [0.2, 0.25) is 5.82 Å². The van der Waals surface area contributed by atoms with Crippen LogP contribution in [0.5, 0.6) is 0 Å². The van der Waals surface area contributed by atoms with E-state index in [1.165, 1.54) is 25.3 Å². The van der Waals surface area contributed by atoms with Crippen molar-refractivity contribution in [2.45, 2.75) is 64.0 Å². The fourth-order valence-corrected chi connectivity index (χ4v) is 4.51. The first-order valence-electron chi connectivity index (χ1n) is 12.2. The van der Waals surface area contributed by atoms with Gasteiger partial charge in [-0.15, -0.1) is 0 Å². The van der Waals surface area contributed by atoms with Gasteiger partial charge in [-0.1, -0.05) is 38.0 Å². The topological polar surface area (TPSA) is 103 Å². The number of alkyl halides is 3. The smallest absolute Gasteiger partial charge is 0.397 e. The molecule has 9 heteroatoms. The van der Waals surface area contributed by atoms with Crippen LogP contribution in [0, 0.1) is 0 Å². The highest BCUT2D eigenvalue weighted by Gasteiger charge is 2.35. The number of pyridine rings is 1. The molecule has 2 saturated carbocycles. The summed E-state index contributed by atoms with van der Waals surface area (Å²) in [7, 11) is 0. The van der Waals surface area contributed by atoms with Gasteiger partial charge in [0.25, 0.3) is 0 Å². The first kappa shape index (κ1) is 25.5. The molecule has 190 valence electrons. The van der Waals surface area contributed by atoms with Crippen molar-refractivity contribution in [3.05, 3.63) is 77.2 Å². The quantitative estimate of drug-likeness (QED) is 0.385. The van der Waals surface area contributed by atoms with Gasteiger partial charge >= 0.3 is 6.18 Å². The van der Waals surface area contributed by atoms with E-state index >= 15 is 0 Å². The molecule has 0 aromatic carbocycles. The van der Waals surface area contributed by atoms with E-state index in [4.69, 9.17) is 16.5 Å². The molecule has 2 aromatic rings. The molecule has 6 nitrogen and oxygen atoms in total. The van der Waals surface area contributed by atoms with E-state index in [0.717, 1.165) is 42.6 Å². The summed E-state index contributed by atoms with van der Waals surface area (Å²) in [5.74, 6) is -1.17. The molecule has 0 bridgehead atoms.